The molecule has 3 rings (SSSR count). The van der Waals surface area contributed by atoms with Crippen LogP contribution >= 0.6 is 0 Å². The predicted octanol–water partition coefficient (Wildman–Crippen LogP) is 7.10. The molecule has 0 bridgehead atoms. The van der Waals surface area contributed by atoms with Gasteiger partial charge in [0.2, 0.25) is 11.8 Å². The summed E-state index contributed by atoms with van der Waals surface area (Å²) in [6.45, 7) is 12.0. The van der Waals surface area contributed by atoms with Crippen LogP contribution in [0.3, 0.4) is 0 Å². The molecule has 0 aromatic heterocycles. The molecule has 1 fully saturated rings. The summed E-state index contributed by atoms with van der Waals surface area (Å²) in [5.74, 6) is 2.17. The molecular formula is C32H46N2O5. The number of anilines is 2. The first-order valence-corrected chi connectivity index (χ1v) is 14.0. The number of hydrogen-bond donors (Lipinski definition) is 2. The quantitative estimate of drug-likeness (QED) is 0.350. The van der Waals surface area contributed by atoms with E-state index in [1.54, 1.807) is 19.2 Å². The maximum absolute atomic E-state index is 12.4. The van der Waals surface area contributed by atoms with E-state index in [1.807, 2.05) is 39.0 Å². The minimum absolute atomic E-state index is 0.152. The number of nitrogens with one attached hydrogen (secondary N) is 2. The molecule has 7 heteroatoms. The molecule has 2 aromatic carbocycles. The molecule has 0 spiro atoms. The Labute approximate surface area is 234 Å². The maximum atomic E-state index is 12.4. The first kappa shape index (κ1) is 31.9. The van der Waals surface area contributed by atoms with Crippen molar-refractivity contribution in [2.75, 3.05) is 24.9 Å². The van der Waals surface area contributed by atoms with Gasteiger partial charge in [-0.15, -0.1) is 0 Å². The molecule has 2 N–H and O–H groups in total. The fourth-order valence-corrected chi connectivity index (χ4v) is 5.25. The van der Waals surface area contributed by atoms with Gasteiger partial charge in [-0.05, 0) is 92.7 Å². The number of esters is 1. The van der Waals surface area contributed by atoms with Crippen molar-refractivity contribution in [3.8, 4) is 5.75 Å². The SMILES string of the molecule is CCC(C)C1CCC(C(=O)Nc2ccc(C)c(OC)c2)CC1.CCc1c(C)cc(C(=O)OC)cc1NC(C)=O. The van der Waals surface area contributed by atoms with E-state index in [2.05, 4.69) is 29.2 Å². The first-order valence-electron chi connectivity index (χ1n) is 14.0. The molecule has 1 aliphatic rings. The van der Waals surface area contributed by atoms with Crippen LogP contribution < -0.4 is 15.4 Å². The van der Waals surface area contributed by atoms with Crippen LogP contribution in [-0.2, 0) is 20.7 Å². The molecule has 0 aliphatic heterocycles. The van der Waals surface area contributed by atoms with Crippen molar-refractivity contribution in [2.45, 2.75) is 80.1 Å². The average Bonchev–Trinajstić information content (AvgIpc) is 2.93. The van der Waals surface area contributed by atoms with E-state index < -0.39 is 5.97 Å². The Bertz CT molecular complexity index is 1140. The van der Waals surface area contributed by atoms with Crippen molar-refractivity contribution in [2.24, 2.45) is 17.8 Å². The number of benzene rings is 2. The fraction of sp³-hybridized carbons (Fsp3) is 0.531. The molecule has 1 aliphatic carbocycles. The van der Waals surface area contributed by atoms with Gasteiger partial charge in [-0.25, -0.2) is 4.79 Å². The van der Waals surface area contributed by atoms with E-state index in [1.165, 1.54) is 33.3 Å². The Hall–Kier alpha value is -3.35. The average molecular weight is 539 g/mol. The molecule has 7 nitrogen and oxygen atoms in total. The second-order valence-corrected chi connectivity index (χ2v) is 10.5. The zero-order chi connectivity index (χ0) is 29.1. The highest BCUT2D eigenvalue weighted by Crippen LogP contribution is 2.35. The first-order chi connectivity index (χ1) is 18.5. The molecule has 2 aromatic rings. The lowest BCUT2D eigenvalue weighted by molar-refractivity contribution is -0.121. The van der Waals surface area contributed by atoms with Gasteiger partial charge in [0.15, 0.2) is 0 Å². The van der Waals surface area contributed by atoms with Crippen molar-refractivity contribution < 1.29 is 23.9 Å². The van der Waals surface area contributed by atoms with Crippen molar-refractivity contribution in [3.05, 3.63) is 52.6 Å². The van der Waals surface area contributed by atoms with Crippen LogP contribution in [0, 0.1) is 31.6 Å². The monoisotopic (exact) mass is 538 g/mol. The topological polar surface area (TPSA) is 93.7 Å². The third-order valence-electron chi connectivity index (χ3n) is 7.83. The highest BCUT2D eigenvalue weighted by molar-refractivity contribution is 5.95. The summed E-state index contributed by atoms with van der Waals surface area (Å²) < 4.78 is 9.99. The Balaban J connectivity index is 0.000000283. The van der Waals surface area contributed by atoms with Crippen molar-refractivity contribution in [1.29, 1.82) is 0 Å². The molecule has 0 radical (unpaired) electrons. The molecule has 1 unspecified atom stereocenters. The Morgan fingerprint density at radius 3 is 2.15 bits per heavy atom. The second-order valence-electron chi connectivity index (χ2n) is 10.5. The van der Waals surface area contributed by atoms with Gasteiger partial charge < -0.3 is 20.1 Å². The second kappa shape index (κ2) is 15.3. The van der Waals surface area contributed by atoms with Crippen molar-refractivity contribution >= 4 is 29.2 Å². The summed E-state index contributed by atoms with van der Waals surface area (Å²) in [4.78, 5) is 35.0. The predicted molar refractivity (Wildman–Crippen MR) is 157 cm³/mol. The third-order valence-corrected chi connectivity index (χ3v) is 7.83. The van der Waals surface area contributed by atoms with Gasteiger partial charge in [0, 0.05) is 30.3 Å². The maximum Gasteiger partial charge on any atom is 0.337 e. The van der Waals surface area contributed by atoms with E-state index in [4.69, 9.17) is 4.74 Å². The zero-order valence-corrected chi connectivity index (χ0v) is 24.9. The minimum atomic E-state index is -0.401. The lowest BCUT2D eigenvalue weighted by Crippen LogP contribution is -2.28. The highest BCUT2D eigenvalue weighted by atomic mass is 16.5. The van der Waals surface area contributed by atoms with Crippen LogP contribution in [0.5, 0.6) is 5.75 Å². The number of amides is 2. The smallest absolute Gasteiger partial charge is 0.337 e. The van der Waals surface area contributed by atoms with Gasteiger partial charge in [0.25, 0.3) is 0 Å². The summed E-state index contributed by atoms with van der Waals surface area (Å²) in [7, 11) is 2.99. The van der Waals surface area contributed by atoms with Gasteiger partial charge in [-0.1, -0.05) is 33.3 Å². The van der Waals surface area contributed by atoms with Gasteiger partial charge in [-0.3, -0.25) is 9.59 Å². The lowest BCUT2D eigenvalue weighted by atomic mass is 9.75. The Kier molecular flexibility index (Phi) is 12.5. The molecular weight excluding hydrogens is 492 g/mol. The van der Waals surface area contributed by atoms with Crippen LogP contribution in [0.1, 0.15) is 86.8 Å². The largest absolute Gasteiger partial charge is 0.496 e. The van der Waals surface area contributed by atoms with Crippen molar-refractivity contribution in [1.82, 2.24) is 0 Å². The summed E-state index contributed by atoms with van der Waals surface area (Å²) in [6.07, 6.45) is 6.44. The molecule has 1 atom stereocenters. The molecule has 214 valence electrons. The standard InChI is InChI=1S/C19H29NO2.C13H17NO3/c1-5-13(2)15-7-9-16(10-8-15)19(21)20-17-11-6-14(3)18(12-17)22-4;1-5-11-8(2)6-10(13(16)17-4)7-12(11)14-9(3)15/h6,11-13,15-16H,5,7-10H2,1-4H3,(H,20,21);6-7H,5H2,1-4H3,(H,14,15). The number of methoxy groups -OCH3 is 2. The van der Waals surface area contributed by atoms with E-state index in [0.29, 0.717) is 11.3 Å². The lowest BCUT2D eigenvalue weighted by Gasteiger charge is -2.31. The summed E-state index contributed by atoms with van der Waals surface area (Å²) >= 11 is 0. The highest BCUT2D eigenvalue weighted by Gasteiger charge is 2.28. The fourth-order valence-electron chi connectivity index (χ4n) is 5.25. The zero-order valence-electron chi connectivity index (χ0n) is 24.9. The molecule has 0 heterocycles. The minimum Gasteiger partial charge on any atom is -0.496 e. The van der Waals surface area contributed by atoms with E-state index >= 15 is 0 Å². The molecule has 0 saturated heterocycles. The van der Waals surface area contributed by atoms with Gasteiger partial charge in [0.1, 0.15) is 5.75 Å². The summed E-state index contributed by atoms with van der Waals surface area (Å²) in [5, 5.41) is 5.79. The number of ether oxygens (including phenoxy) is 2. The van der Waals surface area contributed by atoms with Crippen molar-refractivity contribution in [3.63, 3.8) is 0 Å². The normalized spacial score (nSPS) is 17.2. The van der Waals surface area contributed by atoms with Gasteiger partial charge >= 0.3 is 5.97 Å². The number of rotatable bonds is 8. The van der Waals surface area contributed by atoms with E-state index in [-0.39, 0.29) is 17.7 Å². The summed E-state index contributed by atoms with van der Waals surface area (Å²) in [5.41, 5.74) is 5.05. The Morgan fingerprint density at radius 1 is 0.949 bits per heavy atom. The van der Waals surface area contributed by atoms with E-state index in [9.17, 15) is 14.4 Å². The molecule has 1 saturated carbocycles. The number of aryl methyl sites for hydroxylation is 2. The van der Waals surface area contributed by atoms with Gasteiger partial charge in [0.05, 0.1) is 19.8 Å². The van der Waals surface area contributed by atoms with Crippen LogP contribution in [0.25, 0.3) is 0 Å². The van der Waals surface area contributed by atoms with Crippen LogP contribution in [0.15, 0.2) is 30.3 Å². The third kappa shape index (κ3) is 9.12. The van der Waals surface area contributed by atoms with Gasteiger partial charge in [-0.2, -0.15) is 0 Å². The van der Waals surface area contributed by atoms with Crippen LogP contribution in [0.2, 0.25) is 0 Å². The van der Waals surface area contributed by atoms with Crippen LogP contribution in [-0.4, -0.2) is 32.0 Å². The number of carbonyl (C=O) groups is 3. The molecule has 2 amide bonds. The number of hydrogen-bond acceptors (Lipinski definition) is 5. The molecule has 39 heavy (non-hydrogen) atoms. The number of carbonyl (C=O) groups excluding carboxylic acids is 3. The van der Waals surface area contributed by atoms with E-state index in [0.717, 1.165) is 59.2 Å². The Morgan fingerprint density at radius 2 is 1.62 bits per heavy atom. The summed E-state index contributed by atoms with van der Waals surface area (Å²) in [6, 6.07) is 9.25. The van der Waals surface area contributed by atoms with Crippen LogP contribution in [0.4, 0.5) is 11.4 Å².